The van der Waals surface area contributed by atoms with E-state index in [1.165, 1.54) is 0 Å². The van der Waals surface area contributed by atoms with Crippen LogP contribution >= 0.6 is 0 Å². The topological polar surface area (TPSA) is 52.6 Å². The molecule has 0 bridgehead atoms. The molecule has 2 heterocycles. The lowest BCUT2D eigenvalue weighted by atomic mass is 10.2. The van der Waals surface area contributed by atoms with E-state index in [9.17, 15) is 0 Å². The lowest BCUT2D eigenvalue weighted by molar-refractivity contribution is 0.171. The van der Waals surface area contributed by atoms with Crippen molar-refractivity contribution in [2.24, 2.45) is 0 Å². The summed E-state index contributed by atoms with van der Waals surface area (Å²) >= 11 is 0. The molecule has 3 rings (SSSR count). The lowest BCUT2D eigenvalue weighted by Crippen LogP contribution is -2.00. The van der Waals surface area contributed by atoms with E-state index in [1.807, 2.05) is 24.3 Å². The average molecular weight is 258 g/mol. The summed E-state index contributed by atoms with van der Waals surface area (Å²) in [6.07, 6.45) is 3.53. The Bertz CT molecular complexity index is 572. The molecule has 0 aliphatic carbocycles. The van der Waals surface area contributed by atoms with E-state index in [4.69, 9.17) is 14.2 Å². The van der Waals surface area contributed by atoms with Crippen LogP contribution in [0.15, 0.2) is 36.7 Å². The number of fused-ring (bicyclic) bond motifs is 1. The summed E-state index contributed by atoms with van der Waals surface area (Å²) in [6.45, 7) is 0.907. The standard InChI is InChI=1S/C14H14N2O3/c1-17-12-5-10(6-13-14(12)19-9-18-13)7-16-11-3-2-4-15-8-11/h2-6,8,16H,7,9H2,1H3. The summed E-state index contributed by atoms with van der Waals surface area (Å²) in [5, 5.41) is 3.29. The Balaban J connectivity index is 1.78. The third-order valence-electron chi connectivity index (χ3n) is 2.88. The molecule has 5 nitrogen and oxygen atoms in total. The van der Waals surface area contributed by atoms with Crippen molar-refractivity contribution in [2.75, 3.05) is 19.2 Å². The van der Waals surface area contributed by atoms with Gasteiger partial charge in [-0.25, -0.2) is 0 Å². The van der Waals surface area contributed by atoms with Crippen molar-refractivity contribution in [3.05, 3.63) is 42.2 Å². The lowest BCUT2D eigenvalue weighted by Gasteiger charge is -2.09. The van der Waals surface area contributed by atoms with Crippen LogP contribution < -0.4 is 19.5 Å². The smallest absolute Gasteiger partial charge is 0.231 e. The first kappa shape index (κ1) is 11.6. The summed E-state index contributed by atoms with van der Waals surface area (Å²) in [6, 6.07) is 7.75. The molecule has 19 heavy (non-hydrogen) atoms. The maximum absolute atomic E-state index is 5.39. The third-order valence-corrected chi connectivity index (χ3v) is 2.88. The molecule has 1 aliphatic rings. The zero-order chi connectivity index (χ0) is 13.1. The second kappa shape index (κ2) is 5.06. The Hall–Kier alpha value is -2.43. The predicted octanol–water partition coefficient (Wildman–Crippen LogP) is 2.43. The van der Waals surface area contributed by atoms with E-state index in [2.05, 4.69) is 10.3 Å². The van der Waals surface area contributed by atoms with E-state index >= 15 is 0 Å². The Morgan fingerprint density at radius 1 is 1.37 bits per heavy atom. The Morgan fingerprint density at radius 3 is 3.11 bits per heavy atom. The maximum Gasteiger partial charge on any atom is 0.231 e. The minimum Gasteiger partial charge on any atom is -0.493 e. The van der Waals surface area contributed by atoms with Crippen LogP contribution in [0.25, 0.3) is 0 Å². The van der Waals surface area contributed by atoms with Gasteiger partial charge in [-0.05, 0) is 29.8 Å². The van der Waals surface area contributed by atoms with Crippen LogP contribution in [0.5, 0.6) is 17.2 Å². The monoisotopic (exact) mass is 258 g/mol. The largest absolute Gasteiger partial charge is 0.493 e. The van der Waals surface area contributed by atoms with Crippen molar-refractivity contribution in [1.82, 2.24) is 4.98 Å². The second-order valence-corrected chi connectivity index (χ2v) is 4.13. The second-order valence-electron chi connectivity index (χ2n) is 4.13. The highest BCUT2D eigenvalue weighted by atomic mass is 16.7. The van der Waals surface area contributed by atoms with Crippen LogP contribution in [0.1, 0.15) is 5.56 Å². The number of nitrogens with one attached hydrogen (secondary N) is 1. The molecule has 5 heteroatoms. The van der Waals surface area contributed by atoms with Gasteiger partial charge < -0.3 is 19.5 Å². The van der Waals surface area contributed by atoms with Gasteiger partial charge >= 0.3 is 0 Å². The normalized spacial score (nSPS) is 12.3. The first-order valence-electron chi connectivity index (χ1n) is 5.97. The first-order chi connectivity index (χ1) is 9.36. The molecular weight excluding hydrogens is 244 g/mol. The number of anilines is 1. The quantitative estimate of drug-likeness (QED) is 0.912. The van der Waals surface area contributed by atoms with E-state index in [0.29, 0.717) is 18.0 Å². The summed E-state index contributed by atoms with van der Waals surface area (Å²) in [5.41, 5.74) is 2.03. The van der Waals surface area contributed by atoms with Crippen molar-refractivity contribution in [3.63, 3.8) is 0 Å². The summed E-state index contributed by atoms with van der Waals surface area (Å²) in [5.74, 6) is 2.09. The van der Waals surface area contributed by atoms with Gasteiger partial charge in [-0.3, -0.25) is 4.98 Å². The zero-order valence-corrected chi connectivity index (χ0v) is 10.6. The van der Waals surface area contributed by atoms with Crippen LogP contribution in [-0.2, 0) is 6.54 Å². The molecule has 0 spiro atoms. The van der Waals surface area contributed by atoms with Crippen LogP contribution in [0.2, 0.25) is 0 Å². The van der Waals surface area contributed by atoms with E-state index in [0.717, 1.165) is 17.0 Å². The molecule has 0 amide bonds. The van der Waals surface area contributed by atoms with Gasteiger partial charge in [0, 0.05) is 18.9 Å². The molecule has 0 atom stereocenters. The highest BCUT2D eigenvalue weighted by Crippen LogP contribution is 2.41. The Labute approximate surface area is 111 Å². The van der Waals surface area contributed by atoms with Crippen molar-refractivity contribution < 1.29 is 14.2 Å². The van der Waals surface area contributed by atoms with Gasteiger partial charge in [0.1, 0.15) is 0 Å². The molecule has 0 radical (unpaired) electrons. The summed E-state index contributed by atoms with van der Waals surface area (Å²) < 4.78 is 16.1. The van der Waals surface area contributed by atoms with Crippen LogP contribution in [0.3, 0.4) is 0 Å². The molecule has 98 valence electrons. The molecule has 2 aromatic rings. The molecule has 1 aromatic heterocycles. The van der Waals surface area contributed by atoms with Gasteiger partial charge in [0.15, 0.2) is 11.5 Å². The van der Waals surface area contributed by atoms with Crippen molar-refractivity contribution in [1.29, 1.82) is 0 Å². The highest BCUT2D eigenvalue weighted by Gasteiger charge is 2.19. The molecule has 0 unspecified atom stereocenters. The number of ether oxygens (including phenoxy) is 3. The number of hydrogen-bond acceptors (Lipinski definition) is 5. The fourth-order valence-corrected chi connectivity index (χ4v) is 1.96. The average Bonchev–Trinajstić information content (AvgIpc) is 2.93. The van der Waals surface area contributed by atoms with Gasteiger partial charge in [0.05, 0.1) is 12.8 Å². The molecular formula is C14H14N2O3. The van der Waals surface area contributed by atoms with Gasteiger partial charge in [0.2, 0.25) is 12.5 Å². The molecule has 1 aliphatic heterocycles. The Morgan fingerprint density at radius 2 is 2.32 bits per heavy atom. The number of nitrogens with zero attached hydrogens (tertiary/aromatic N) is 1. The van der Waals surface area contributed by atoms with Crippen LogP contribution in [-0.4, -0.2) is 18.9 Å². The predicted molar refractivity (Wildman–Crippen MR) is 70.7 cm³/mol. The molecule has 0 saturated carbocycles. The van der Waals surface area contributed by atoms with Gasteiger partial charge in [-0.15, -0.1) is 0 Å². The van der Waals surface area contributed by atoms with Crippen molar-refractivity contribution in [2.45, 2.75) is 6.54 Å². The van der Waals surface area contributed by atoms with Crippen LogP contribution in [0, 0.1) is 0 Å². The zero-order valence-electron chi connectivity index (χ0n) is 10.6. The minimum atomic E-state index is 0.241. The van der Waals surface area contributed by atoms with Gasteiger partial charge in [-0.2, -0.15) is 0 Å². The number of aromatic nitrogens is 1. The fourth-order valence-electron chi connectivity index (χ4n) is 1.96. The summed E-state index contributed by atoms with van der Waals surface area (Å²) in [4.78, 5) is 4.06. The van der Waals surface area contributed by atoms with Crippen molar-refractivity contribution >= 4 is 5.69 Å². The van der Waals surface area contributed by atoms with E-state index in [-0.39, 0.29) is 6.79 Å². The molecule has 1 aromatic carbocycles. The Kier molecular flexibility index (Phi) is 3.10. The number of methoxy groups -OCH3 is 1. The van der Waals surface area contributed by atoms with E-state index < -0.39 is 0 Å². The first-order valence-corrected chi connectivity index (χ1v) is 5.97. The number of hydrogen-bond donors (Lipinski definition) is 1. The van der Waals surface area contributed by atoms with Crippen molar-refractivity contribution in [3.8, 4) is 17.2 Å². The molecule has 0 saturated heterocycles. The number of pyridine rings is 1. The van der Waals surface area contributed by atoms with Crippen LogP contribution in [0.4, 0.5) is 5.69 Å². The van der Waals surface area contributed by atoms with E-state index in [1.54, 1.807) is 19.5 Å². The fraction of sp³-hybridized carbons (Fsp3) is 0.214. The molecule has 1 N–H and O–H groups in total. The SMILES string of the molecule is COc1cc(CNc2cccnc2)cc2c1OCO2. The molecule has 0 fully saturated rings. The van der Waals surface area contributed by atoms with Gasteiger partial charge in [-0.1, -0.05) is 0 Å². The number of benzene rings is 1. The highest BCUT2D eigenvalue weighted by molar-refractivity contribution is 5.55. The number of rotatable bonds is 4. The third kappa shape index (κ3) is 2.40. The van der Waals surface area contributed by atoms with Gasteiger partial charge in [0.25, 0.3) is 0 Å². The summed E-state index contributed by atoms with van der Waals surface area (Å²) in [7, 11) is 1.62. The maximum atomic E-state index is 5.39. The minimum absolute atomic E-state index is 0.241.